The van der Waals surface area contributed by atoms with Gasteiger partial charge in [0, 0.05) is 49.6 Å². The second-order valence-corrected chi connectivity index (χ2v) is 7.36. The zero-order chi connectivity index (χ0) is 18.1. The number of hydrogen-bond acceptors (Lipinski definition) is 4. The molecule has 3 amide bonds. The van der Waals surface area contributed by atoms with Crippen LogP contribution in [0, 0.1) is 0 Å². The average molecular weight is 380 g/mol. The summed E-state index contributed by atoms with van der Waals surface area (Å²) >= 11 is 5.90. The summed E-state index contributed by atoms with van der Waals surface area (Å²) in [6.45, 7) is 2.89. The van der Waals surface area contributed by atoms with Crippen molar-refractivity contribution in [2.45, 2.75) is 31.1 Å². The van der Waals surface area contributed by atoms with Crippen molar-refractivity contribution in [2.24, 2.45) is 0 Å². The van der Waals surface area contributed by atoms with Gasteiger partial charge in [-0.3, -0.25) is 4.79 Å². The van der Waals surface area contributed by atoms with Crippen molar-refractivity contribution in [3.05, 3.63) is 29.3 Å². The van der Waals surface area contributed by atoms with Crippen molar-refractivity contribution in [1.29, 1.82) is 0 Å². The fourth-order valence-electron chi connectivity index (χ4n) is 3.78. The number of anilines is 1. The Morgan fingerprint density at radius 1 is 1.15 bits per heavy atom. The Morgan fingerprint density at radius 3 is 2.46 bits per heavy atom. The van der Waals surface area contributed by atoms with Crippen LogP contribution < -0.4 is 10.2 Å². The lowest BCUT2D eigenvalue weighted by molar-refractivity contribution is -0.181. The molecule has 4 rings (SSSR count). The van der Waals surface area contributed by atoms with Crippen LogP contribution in [0.15, 0.2) is 24.3 Å². The lowest BCUT2D eigenvalue weighted by atomic mass is 10.0. The maximum absolute atomic E-state index is 12.5. The maximum Gasteiger partial charge on any atom is 0.317 e. The highest BCUT2D eigenvalue weighted by molar-refractivity contribution is 6.30. The molecular formula is C18H22ClN3O4. The molecular weight excluding hydrogens is 358 g/mol. The molecule has 1 N–H and O–H groups in total. The SMILES string of the molecule is O=C(N[C@H]1CC(=O)N(c2ccc(Cl)cc2)C1)N1CCC2(CC1)OCCO2. The number of amides is 3. The molecule has 1 aromatic carbocycles. The molecule has 8 heteroatoms. The molecule has 3 heterocycles. The molecule has 26 heavy (non-hydrogen) atoms. The number of carbonyl (C=O) groups is 2. The van der Waals surface area contributed by atoms with Gasteiger partial charge >= 0.3 is 6.03 Å². The molecule has 7 nitrogen and oxygen atoms in total. The van der Waals surface area contributed by atoms with Gasteiger partial charge in [0.25, 0.3) is 0 Å². The Labute approximate surface area is 157 Å². The van der Waals surface area contributed by atoms with E-state index < -0.39 is 5.79 Å². The van der Waals surface area contributed by atoms with Crippen LogP contribution in [0.1, 0.15) is 19.3 Å². The van der Waals surface area contributed by atoms with Crippen molar-refractivity contribution in [3.8, 4) is 0 Å². The van der Waals surface area contributed by atoms with E-state index in [0.29, 0.717) is 57.1 Å². The minimum Gasteiger partial charge on any atom is -0.347 e. The number of nitrogens with zero attached hydrogens (tertiary/aromatic N) is 2. The number of urea groups is 1. The summed E-state index contributed by atoms with van der Waals surface area (Å²) in [4.78, 5) is 28.3. The number of hydrogen-bond donors (Lipinski definition) is 1. The van der Waals surface area contributed by atoms with E-state index in [9.17, 15) is 9.59 Å². The lowest BCUT2D eigenvalue weighted by Gasteiger charge is -2.37. The quantitative estimate of drug-likeness (QED) is 0.853. The Hall–Kier alpha value is -1.83. The zero-order valence-corrected chi connectivity index (χ0v) is 15.2. The monoisotopic (exact) mass is 379 g/mol. The summed E-state index contributed by atoms with van der Waals surface area (Å²) < 4.78 is 11.4. The van der Waals surface area contributed by atoms with Gasteiger partial charge in [0.05, 0.1) is 19.3 Å². The van der Waals surface area contributed by atoms with E-state index in [0.717, 1.165) is 5.69 Å². The third-order valence-electron chi connectivity index (χ3n) is 5.22. The molecule has 1 aromatic rings. The van der Waals surface area contributed by atoms with Gasteiger partial charge in [0.2, 0.25) is 5.91 Å². The van der Waals surface area contributed by atoms with E-state index in [-0.39, 0.29) is 18.0 Å². The largest absolute Gasteiger partial charge is 0.347 e. The standard InChI is InChI=1S/C18H22ClN3O4/c19-13-1-3-15(4-2-13)22-12-14(11-16(22)23)20-17(24)21-7-5-18(6-8-21)25-9-10-26-18/h1-4,14H,5-12H2,(H,20,24)/t14-/m0/s1. The first-order chi connectivity index (χ1) is 12.5. The van der Waals surface area contributed by atoms with E-state index in [4.69, 9.17) is 21.1 Å². The number of nitrogens with one attached hydrogen (secondary N) is 1. The summed E-state index contributed by atoms with van der Waals surface area (Å²) in [5.41, 5.74) is 0.798. The molecule has 3 aliphatic rings. The Balaban J connectivity index is 1.31. The summed E-state index contributed by atoms with van der Waals surface area (Å²) in [5.74, 6) is -0.492. The first-order valence-corrected chi connectivity index (χ1v) is 9.32. The van der Waals surface area contributed by atoms with Crippen LogP contribution in [-0.4, -0.2) is 61.5 Å². The number of likely N-dealkylation sites (tertiary alicyclic amines) is 1. The molecule has 0 unspecified atom stereocenters. The predicted molar refractivity (Wildman–Crippen MR) is 96.2 cm³/mol. The number of ether oxygens (including phenoxy) is 2. The van der Waals surface area contributed by atoms with Crippen molar-refractivity contribution in [1.82, 2.24) is 10.2 Å². The van der Waals surface area contributed by atoms with Crippen molar-refractivity contribution in [2.75, 3.05) is 37.7 Å². The molecule has 1 atom stereocenters. The summed E-state index contributed by atoms with van der Waals surface area (Å²) in [7, 11) is 0. The van der Waals surface area contributed by atoms with E-state index in [1.54, 1.807) is 21.9 Å². The van der Waals surface area contributed by atoms with Crippen LogP contribution in [-0.2, 0) is 14.3 Å². The minimum absolute atomic E-state index is 0.00275. The van der Waals surface area contributed by atoms with Crippen LogP contribution in [0.25, 0.3) is 0 Å². The third-order valence-corrected chi connectivity index (χ3v) is 5.47. The molecule has 0 saturated carbocycles. The number of rotatable bonds is 2. The Bertz CT molecular complexity index is 680. The van der Waals surface area contributed by atoms with Crippen molar-refractivity contribution < 1.29 is 19.1 Å². The van der Waals surface area contributed by atoms with E-state index in [1.165, 1.54) is 0 Å². The minimum atomic E-state index is -0.495. The summed E-state index contributed by atoms with van der Waals surface area (Å²) in [6.07, 6.45) is 1.67. The smallest absolute Gasteiger partial charge is 0.317 e. The number of piperidine rings is 1. The summed E-state index contributed by atoms with van der Waals surface area (Å²) in [5, 5.41) is 3.61. The lowest BCUT2D eigenvalue weighted by Crippen LogP contribution is -2.52. The molecule has 3 fully saturated rings. The molecule has 140 valence electrons. The fraction of sp³-hybridized carbons (Fsp3) is 0.556. The van der Waals surface area contributed by atoms with Crippen LogP contribution in [0.4, 0.5) is 10.5 Å². The van der Waals surface area contributed by atoms with Crippen LogP contribution in [0.3, 0.4) is 0 Å². The van der Waals surface area contributed by atoms with E-state index in [1.807, 2.05) is 12.1 Å². The molecule has 3 saturated heterocycles. The first-order valence-electron chi connectivity index (χ1n) is 8.94. The van der Waals surface area contributed by atoms with E-state index >= 15 is 0 Å². The highest BCUT2D eigenvalue weighted by Crippen LogP contribution is 2.31. The highest BCUT2D eigenvalue weighted by atomic mass is 35.5. The van der Waals surface area contributed by atoms with Gasteiger partial charge in [-0.2, -0.15) is 0 Å². The number of carbonyl (C=O) groups excluding carboxylic acids is 2. The van der Waals surface area contributed by atoms with Crippen LogP contribution in [0.5, 0.6) is 0 Å². The molecule has 0 aliphatic carbocycles. The van der Waals surface area contributed by atoms with Gasteiger partial charge in [-0.1, -0.05) is 11.6 Å². The Kier molecular flexibility index (Phi) is 4.77. The van der Waals surface area contributed by atoms with E-state index in [2.05, 4.69) is 5.32 Å². The molecule has 0 bridgehead atoms. The fourth-order valence-corrected chi connectivity index (χ4v) is 3.90. The summed E-state index contributed by atoms with van der Waals surface area (Å²) in [6, 6.07) is 6.82. The van der Waals surface area contributed by atoms with Gasteiger partial charge in [-0.25, -0.2) is 4.79 Å². The highest BCUT2D eigenvalue weighted by Gasteiger charge is 2.41. The molecule has 0 radical (unpaired) electrons. The van der Waals surface area contributed by atoms with Gasteiger partial charge < -0.3 is 24.6 Å². The van der Waals surface area contributed by atoms with Crippen molar-refractivity contribution >= 4 is 29.2 Å². The zero-order valence-electron chi connectivity index (χ0n) is 14.4. The topological polar surface area (TPSA) is 71.1 Å². The predicted octanol–water partition coefficient (Wildman–Crippen LogP) is 1.99. The molecule has 3 aliphatic heterocycles. The molecule has 1 spiro atoms. The number of halogens is 1. The second-order valence-electron chi connectivity index (χ2n) is 6.93. The third kappa shape index (κ3) is 3.51. The normalized spacial score (nSPS) is 25.1. The van der Waals surface area contributed by atoms with Gasteiger partial charge in [-0.15, -0.1) is 0 Å². The molecule has 0 aromatic heterocycles. The van der Waals surface area contributed by atoms with Crippen LogP contribution in [0.2, 0.25) is 5.02 Å². The van der Waals surface area contributed by atoms with Gasteiger partial charge in [0.1, 0.15) is 0 Å². The maximum atomic E-state index is 12.5. The average Bonchev–Trinajstić information content (AvgIpc) is 3.23. The number of benzene rings is 1. The Morgan fingerprint density at radius 2 is 1.81 bits per heavy atom. The van der Waals surface area contributed by atoms with Gasteiger partial charge in [0.15, 0.2) is 5.79 Å². The van der Waals surface area contributed by atoms with Gasteiger partial charge in [-0.05, 0) is 24.3 Å². The second kappa shape index (κ2) is 7.06. The van der Waals surface area contributed by atoms with Crippen molar-refractivity contribution in [3.63, 3.8) is 0 Å². The first kappa shape index (κ1) is 17.6. The van der Waals surface area contributed by atoms with Crippen LogP contribution >= 0.6 is 11.6 Å².